The number of hydrogen-bond acceptors (Lipinski definition) is 4. The lowest BCUT2D eigenvalue weighted by Gasteiger charge is -2.41. The highest BCUT2D eigenvalue weighted by Crippen LogP contribution is 2.59. The molecule has 0 aromatic carbocycles. The smallest absolute Gasteiger partial charge is 0.397 e. The molecule has 0 saturated heterocycles. The minimum atomic E-state index is -8.32. The number of rotatable bonds is 10. The highest BCUT2D eigenvalue weighted by molar-refractivity contribution is 5.06. The minimum absolute atomic E-state index is 0.770. The van der Waals surface area contributed by atoms with Crippen LogP contribution in [0.5, 0.6) is 0 Å². The van der Waals surface area contributed by atoms with E-state index in [4.69, 9.17) is 5.73 Å². The number of ether oxygens (including phenoxy) is 2. The maximum Gasteiger partial charge on any atom is 0.472 e. The first-order chi connectivity index (χ1) is 15.7. The molecular formula is C15H12F17NO3. The van der Waals surface area contributed by atoms with Crippen molar-refractivity contribution in [3.05, 3.63) is 12.1 Å². The third-order valence-electron chi connectivity index (χ3n) is 4.91. The molecular weight excluding hydrogens is 565 g/mol. The minimum Gasteiger partial charge on any atom is -0.397 e. The van der Waals surface area contributed by atoms with E-state index >= 15 is 0 Å². The lowest BCUT2D eigenvalue weighted by Crippen LogP contribution is -2.69. The summed E-state index contributed by atoms with van der Waals surface area (Å²) in [7, 11) is 0. The lowest BCUT2D eigenvalue weighted by atomic mass is 9.80. The second-order valence-electron chi connectivity index (χ2n) is 7.38. The fourth-order valence-electron chi connectivity index (χ4n) is 2.83. The van der Waals surface area contributed by atoms with Gasteiger partial charge in [-0.15, -0.1) is 0 Å². The third kappa shape index (κ3) is 5.27. The Bertz CT molecular complexity index is 826. The molecule has 0 heterocycles. The molecule has 3 unspecified atom stereocenters. The Morgan fingerprint density at radius 2 is 1.11 bits per heavy atom. The summed E-state index contributed by atoms with van der Waals surface area (Å²) in [6.45, 7) is 0. The molecule has 1 aliphatic carbocycles. The van der Waals surface area contributed by atoms with Gasteiger partial charge in [0.25, 0.3) is 0 Å². The largest absolute Gasteiger partial charge is 0.472 e. The Morgan fingerprint density at radius 3 is 1.53 bits per heavy atom. The van der Waals surface area contributed by atoms with Crippen LogP contribution in [0.1, 0.15) is 19.3 Å². The zero-order chi connectivity index (χ0) is 28.9. The van der Waals surface area contributed by atoms with Crippen LogP contribution in [0.2, 0.25) is 0 Å². The fourth-order valence-corrected chi connectivity index (χ4v) is 2.83. The molecule has 4 nitrogen and oxygen atoms in total. The molecule has 0 radical (unpaired) electrons. The molecule has 1 saturated carbocycles. The van der Waals surface area contributed by atoms with Crippen LogP contribution in [0.3, 0.4) is 0 Å². The zero-order valence-electron chi connectivity index (χ0n) is 16.6. The first-order valence-corrected chi connectivity index (χ1v) is 8.88. The molecule has 1 rings (SSSR count). The molecule has 0 amide bonds. The summed E-state index contributed by atoms with van der Waals surface area (Å²) >= 11 is 0. The summed E-state index contributed by atoms with van der Waals surface area (Å²) in [6.07, 6.45) is -31.0. The predicted molar refractivity (Wildman–Crippen MR) is 78.5 cm³/mol. The standard InChI is InChI=1S/C15H12F17NO3/c16-7(17)8(18)35-14(29,30)11(23,24)10(21,22)12(25,26)15(31,32)36-13(27,28)9(19,20)4-1-2-6(34)5(33)3-4/h4-6,34H,1-3,33H2. The fraction of sp³-hybridized carbons (Fsp3) is 0.867. The Morgan fingerprint density at radius 1 is 0.667 bits per heavy atom. The Hall–Kier alpha value is -1.77. The summed E-state index contributed by atoms with van der Waals surface area (Å²) in [5.74, 6) is -33.4. The van der Waals surface area contributed by atoms with Crippen LogP contribution in [-0.4, -0.2) is 59.3 Å². The van der Waals surface area contributed by atoms with E-state index in [2.05, 4.69) is 0 Å². The summed E-state index contributed by atoms with van der Waals surface area (Å²) in [5, 5.41) is 9.27. The maximum atomic E-state index is 14.1. The molecule has 0 bridgehead atoms. The molecule has 1 fully saturated rings. The first kappa shape index (κ1) is 32.3. The first-order valence-electron chi connectivity index (χ1n) is 8.88. The maximum absolute atomic E-state index is 14.1. The van der Waals surface area contributed by atoms with E-state index in [-0.39, 0.29) is 0 Å². The highest BCUT2D eigenvalue weighted by Gasteiger charge is 2.89. The summed E-state index contributed by atoms with van der Waals surface area (Å²) in [6, 6.07) is -5.75. The molecule has 1 aliphatic rings. The van der Waals surface area contributed by atoms with Crippen molar-refractivity contribution in [1.29, 1.82) is 0 Å². The van der Waals surface area contributed by atoms with Gasteiger partial charge in [0.2, 0.25) is 0 Å². The second-order valence-corrected chi connectivity index (χ2v) is 7.38. The number of aliphatic hydroxyl groups excluding tert-OH is 1. The van der Waals surface area contributed by atoms with Crippen LogP contribution in [-0.2, 0) is 9.47 Å². The average Bonchev–Trinajstić information content (AvgIpc) is 2.67. The van der Waals surface area contributed by atoms with Crippen molar-refractivity contribution in [2.75, 3.05) is 0 Å². The van der Waals surface area contributed by atoms with E-state index in [1.807, 2.05) is 4.74 Å². The molecule has 3 N–H and O–H groups in total. The van der Waals surface area contributed by atoms with Gasteiger partial charge >= 0.3 is 54.1 Å². The summed E-state index contributed by atoms with van der Waals surface area (Å²) in [4.78, 5) is 0. The van der Waals surface area contributed by atoms with Gasteiger partial charge in [-0.05, 0) is 19.3 Å². The van der Waals surface area contributed by atoms with Crippen LogP contribution >= 0.6 is 0 Å². The molecule has 21 heteroatoms. The van der Waals surface area contributed by atoms with Gasteiger partial charge in [-0.3, -0.25) is 0 Å². The molecule has 3 atom stereocenters. The van der Waals surface area contributed by atoms with Crippen molar-refractivity contribution in [2.24, 2.45) is 11.7 Å². The van der Waals surface area contributed by atoms with E-state index < -0.39 is 91.4 Å². The van der Waals surface area contributed by atoms with Crippen LogP contribution in [0.25, 0.3) is 0 Å². The van der Waals surface area contributed by atoms with Crippen molar-refractivity contribution in [3.8, 4) is 0 Å². The Labute approximate surface area is 187 Å². The van der Waals surface area contributed by atoms with E-state index in [1.165, 1.54) is 0 Å². The molecule has 0 spiro atoms. The Balaban J connectivity index is 3.37. The Kier molecular flexibility index (Phi) is 8.53. The molecule has 0 aliphatic heterocycles. The van der Waals surface area contributed by atoms with Gasteiger partial charge < -0.3 is 15.6 Å². The zero-order valence-corrected chi connectivity index (χ0v) is 16.6. The van der Waals surface area contributed by atoms with Crippen molar-refractivity contribution in [1.82, 2.24) is 0 Å². The number of halogens is 17. The SMILES string of the molecule is NC1CC(C(F)(F)C(F)(F)OC(F)(F)C(F)(F)C(F)(F)C(F)(F)C(F)(F)OC(F)=C(F)F)CCC1O. The van der Waals surface area contributed by atoms with Gasteiger partial charge in [-0.25, -0.2) is 4.74 Å². The van der Waals surface area contributed by atoms with Crippen molar-refractivity contribution >= 4 is 0 Å². The monoisotopic (exact) mass is 577 g/mol. The van der Waals surface area contributed by atoms with Crippen molar-refractivity contribution in [2.45, 2.75) is 73.4 Å². The van der Waals surface area contributed by atoms with E-state index in [0.717, 1.165) is 0 Å². The van der Waals surface area contributed by atoms with E-state index in [0.29, 0.717) is 0 Å². The number of hydrogen-bond donors (Lipinski definition) is 2. The van der Waals surface area contributed by atoms with Crippen LogP contribution in [0.15, 0.2) is 12.1 Å². The average molecular weight is 577 g/mol. The summed E-state index contributed by atoms with van der Waals surface area (Å²) < 4.78 is 229. The third-order valence-corrected chi connectivity index (χ3v) is 4.91. The van der Waals surface area contributed by atoms with Gasteiger partial charge in [-0.2, -0.15) is 74.6 Å². The molecule has 214 valence electrons. The van der Waals surface area contributed by atoms with Gasteiger partial charge in [0.1, 0.15) is 0 Å². The predicted octanol–water partition coefficient (Wildman–Crippen LogP) is 5.86. The number of alkyl halides is 14. The van der Waals surface area contributed by atoms with Crippen LogP contribution < -0.4 is 5.73 Å². The number of nitrogens with two attached hydrogens (primary N) is 1. The van der Waals surface area contributed by atoms with Gasteiger partial charge in [0.05, 0.1) is 6.10 Å². The highest BCUT2D eigenvalue weighted by atomic mass is 19.4. The van der Waals surface area contributed by atoms with E-state index in [1.54, 1.807) is 4.74 Å². The molecule has 0 aromatic rings. The molecule has 36 heavy (non-hydrogen) atoms. The second kappa shape index (κ2) is 9.52. The van der Waals surface area contributed by atoms with Gasteiger partial charge in [-0.1, -0.05) is 0 Å². The van der Waals surface area contributed by atoms with Crippen LogP contribution in [0, 0.1) is 5.92 Å². The quantitative estimate of drug-likeness (QED) is 0.252. The molecule has 0 aromatic heterocycles. The lowest BCUT2D eigenvalue weighted by molar-refractivity contribution is -0.512. The van der Waals surface area contributed by atoms with Gasteiger partial charge in [0.15, 0.2) is 0 Å². The normalized spacial score (nSPS) is 23.5. The topological polar surface area (TPSA) is 64.7 Å². The number of aliphatic hydroxyl groups is 1. The van der Waals surface area contributed by atoms with Crippen LogP contribution in [0.4, 0.5) is 74.6 Å². The van der Waals surface area contributed by atoms with Crippen molar-refractivity contribution in [3.63, 3.8) is 0 Å². The van der Waals surface area contributed by atoms with E-state index in [9.17, 15) is 79.7 Å². The van der Waals surface area contributed by atoms with Crippen molar-refractivity contribution < 1.29 is 89.2 Å². The van der Waals surface area contributed by atoms with Gasteiger partial charge in [0, 0.05) is 12.0 Å². The summed E-state index contributed by atoms with van der Waals surface area (Å²) in [5.41, 5.74) is 5.12.